The molecule has 0 amide bonds. The first kappa shape index (κ1) is 14.7. The Kier molecular flexibility index (Phi) is 4.00. The number of aromatic nitrogens is 2. The Morgan fingerprint density at radius 3 is 3.05 bits per heavy atom. The summed E-state index contributed by atoms with van der Waals surface area (Å²) in [6, 6.07) is 0. The summed E-state index contributed by atoms with van der Waals surface area (Å²) in [5, 5.41) is 1.70. The number of ether oxygens (including phenoxy) is 1. The lowest BCUT2D eigenvalue weighted by Gasteiger charge is -2.12. The van der Waals surface area contributed by atoms with Crippen LogP contribution in [0, 0.1) is 0 Å². The van der Waals surface area contributed by atoms with E-state index in [0.717, 1.165) is 53.4 Å². The lowest BCUT2D eigenvalue weighted by Crippen LogP contribution is -2.21. The van der Waals surface area contributed by atoms with Gasteiger partial charge in [0.2, 0.25) is 0 Å². The minimum atomic E-state index is 0.124. The van der Waals surface area contributed by atoms with Crippen LogP contribution >= 0.6 is 23.1 Å². The van der Waals surface area contributed by atoms with Crippen LogP contribution in [0.1, 0.15) is 36.1 Å². The molecule has 2 aliphatic rings. The molecule has 6 heteroatoms. The maximum atomic E-state index is 12.8. The molecule has 2 aromatic heterocycles. The third-order valence-electron chi connectivity index (χ3n) is 4.58. The van der Waals surface area contributed by atoms with Crippen molar-refractivity contribution in [1.29, 1.82) is 0 Å². The van der Waals surface area contributed by atoms with Crippen molar-refractivity contribution < 1.29 is 4.74 Å². The summed E-state index contributed by atoms with van der Waals surface area (Å²) >= 11 is 3.38. The Hall–Kier alpha value is -0.850. The fourth-order valence-corrected chi connectivity index (χ4v) is 5.68. The van der Waals surface area contributed by atoms with Crippen molar-refractivity contribution in [2.24, 2.45) is 7.05 Å². The molecule has 4 rings (SSSR count). The number of rotatable bonds is 3. The molecule has 0 N–H and O–H groups in total. The lowest BCUT2D eigenvalue weighted by molar-refractivity contribution is 0.129. The van der Waals surface area contributed by atoms with E-state index >= 15 is 0 Å². The normalized spacial score (nSPS) is 21.4. The maximum Gasteiger partial charge on any atom is 0.262 e. The van der Waals surface area contributed by atoms with E-state index in [0.29, 0.717) is 6.10 Å². The zero-order chi connectivity index (χ0) is 15.1. The first-order chi connectivity index (χ1) is 10.7. The number of hydrogen-bond acceptors (Lipinski definition) is 5. The van der Waals surface area contributed by atoms with Crippen molar-refractivity contribution in [3.8, 4) is 0 Å². The molecule has 1 aliphatic carbocycles. The summed E-state index contributed by atoms with van der Waals surface area (Å²) in [6.45, 7) is 0.869. The summed E-state index contributed by atoms with van der Waals surface area (Å²) in [7, 11) is 1.85. The molecule has 1 saturated heterocycles. The van der Waals surface area contributed by atoms with Gasteiger partial charge < -0.3 is 4.74 Å². The molecule has 1 aliphatic heterocycles. The standard InChI is InChI=1S/C16H20N2O2S2/c1-18-15(19)13-11-6-2-3-7-12(11)22-14(13)17-16(18)21-9-10-5-4-8-20-10/h10H,2-9H2,1H3. The molecule has 0 saturated carbocycles. The number of nitrogens with zero attached hydrogens (tertiary/aromatic N) is 2. The molecule has 2 aromatic rings. The van der Waals surface area contributed by atoms with Gasteiger partial charge in [0.05, 0.1) is 11.5 Å². The highest BCUT2D eigenvalue weighted by Crippen LogP contribution is 2.34. The molecule has 1 atom stereocenters. The van der Waals surface area contributed by atoms with Crippen LogP contribution in [-0.4, -0.2) is 28.0 Å². The first-order valence-corrected chi connectivity index (χ1v) is 9.80. The summed E-state index contributed by atoms with van der Waals surface area (Å²) in [6.07, 6.45) is 7.16. The van der Waals surface area contributed by atoms with Crippen LogP contribution in [0.25, 0.3) is 10.2 Å². The molecule has 22 heavy (non-hydrogen) atoms. The zero-order valence-corrected chi connectivity index (χ0v) is 14.4. The summed E-state index contributed by atoms with van der Waals surface area (Å²) in [4.78, 5) is 19.9. The van der Waals surface area contributed by atoms with Gasteiger partial charge in [0.1, 0.15) is 4.83 Å². The Labute approximate surface area is 137 Å². The van der Waals surface area contributed by atoms with E-state index in [9.17, 15) is 4.79 Å². The Bertz CT molecular complexity index is 760. The van der Waals surface area contributed by atoms with Gasteiger partial charge in [0.15, 0.2) is 5.16 Å². The van der Waals surface area contributed by atoms with E-state index in [1.54, 1.807) is 27.7 Å². The third-order valence-corrected chi connectivity index (χ3v) is 6.93. The molecular weight excluding hydrogens is 316 g/mol. The molecular formula is C16H20N2O2S2. The number of aryl methyl sites for hydroxylation is 2. The smallest absolute Gasteiger partial charge is 0.262 e. The molecule has 118 valence electrons. The van der Waals surface area contributed by atoms with E-state index in [4.69, 9.17) is 9.72 Å². The van der Waals surface area contributed by atoms with Gasteiger partial charge >= 0.3 is 0 Å². The second kappa shape index (κ2) is 5.98. The molecule has 0 radical (unpaired) electrons. The van der Waals surface area contributed by atoms with E-state index in [-0.39, 0.29) is 5.56 Å². The van der Waals surface area contributed by atoms with E-state index in [1.807, 2.05) is 7.05 Å². The van der Waals surface area contributed by atoms with Crippen LogP contribution in [0.4, 0.5) is 0 Å². The quantitative estimate of drug-likeness (QED) is 0.638. The van der Waals surface area contributed by atoms with Gasteiger partial charge in [0, 0.05) is 24.3 Å². The van der Waals surface area contributed by atoms with Crippen molar-refractivity contribution in [1.82, 2.24) is 9.55 Å². The SMILES string of the molecule is Cn1c(SCC2CCCO2)nc2sc3c(c2c1=O)CCCC3. The van der Waals surface area contributed by atoms with Gasteiger partial charge in [-0.25, -0.2) is 4.98 Å². The predicted molar refractivity (Wildman–Crippen MR) is 91.2 cm³/mol. The molecule has 1 fully saturated rings. The minimum Gasteiger partial charge on any atom is -0.377 e. The van der Waals surface area contributed by atoms with E-state index in [1.165, 1.54) is 23.3 Å². The van der Waals surface area contributed by atoms with Crippen molar-refractivity contribution in [2.45, 2.75) is 49.8 Å². The van der Waals surface area contributed by atoms with E-state index in [2.05, 4.69) is 0 Å². The van der Waals surface area contributed by atoms with Gasteiger partial charge in [-0.2, -0.15) is 0 Å². The van der Waals surface area contributed by atoms with Crippen molar-refractivity contribution in [3.05, 3.63) is 20.8 Å². The first-order valence-electron chi connectivity index (χ1n) is 7.99. The van der Waals surface area contributed by atoms with Gasteiger partial charge in [-0.1, -0.05) is 11.8 Å². The monoisotopic (exact) mass is 336 g/mol. The number of fused-ring (bicyclic) bond motifs is 3. The van der Waals surface area contributed by atoms with Crippen LogP contribution in [0.2, 0.25) is 0 Å². The lowest BCUT2D eigenvalue weighted by atomic mass is 9.97. The highest BCUT2D eigenvalue weighted by molar-refractivity contribution is 7.99. The van der Waals surface area contributed by atoms with Gasteiger partial charge in [-0.15, -0.1) is 11.3 Å². The second-order valence-electron chi connectivity index (χ2n) is 6.10. The van der Waals surface area contributed by atoms with Gasteiger partial charge in [-0.3, -0.25) is 9.36 Å². The molecule has 0 spiro atoms. The second-order valence-corrected chi connectivity index (χ2v) is 8.17. The van der Waals surface area contributed by atoms with Crippen molar-refractivity contribution in [3.63, 3.8) is 0 Å². The molecule has 4 nitrogen and oxygen atoms in total. The highest BCUT2D eigenvalue weighted by Gasteiger charge is 2.22. The largest absolute Gasteiger partial charge is 0.377 e. The summed E-state index contributed by atoms with van der Waals surface area (Å²) in [5.41, 5.74) is 1.40. The molecule has 0 aromatic carbocycles. The van der Waals surface area contributed by atoms with Crippen molar-refractivity contribution >= 4 is 33.3 Å². The molecule has 3 heterocycles. The number of thiophene rings is 1. The third kappa shape index (κ3) is 2.51. The molecule has 1 unspecified atom stereocenters. The summed E-state index contributed by atoms with van der Waals surface area (Å²) < 4.78 is 7.39. The van der Waals surface area contributed by atoms with Crippen molar-refractivity contribution in [2.75, 3.05) is 12.4 Å². The van der Waals surface area contributed by atoms with Crippen LogP contribution < -0.4 is 5.56 Å². The average Bonchev–Trinajstić information content (AvgIpc) is 3.16. The van der Waals surface area contributed by atoms with E-state index < -0.39 is 0 Å². The minimum absolute atomic E-state index is 0.124. The average molecular weight is 336 g/mol. The van der Waals surface area contributed by atoms with Gasteiger partial charge in [-0.05, 0) is 44.1 Å². The van der Waals surface area contributed by atoms with Crippen LogP contribution in [0.15, 0.2) is 9.95 Å². The predicted octanol–water partition coefficient (Wildman–Crippen LogP) is 3.14. The van der Waals surface area contributed by atoms with Gasteiger partial charge in [0.25, 0.3) is 5.56 Å². The Morgan fingerprint density at radius 1 is 1.36 bits per heavy atom. The topological polar surface area (TPSA) is 44.1 Å². The number of hydrogen-bond donors (Lipinski definition) is 0. The van der Waals surface area contributed by atoms with Crippen LogP contribution in [0.5, 0.6) is 0 Å². The fraction of sp³-hybridized carbons (Fsp3) is 0.625. The molecule has 0 bridgehead atoms. The fourth-order valence-electron chi connectivity index (χ4n) is 3.34. The Balaban J connectivity index is 1.70. The summed E-state index contributed by atoms with van der Waals surface area (Å²) in [5.74, 6) is 0.886. The highest BCUT2D eigenvalue weighted by atomic mass is 32.2. The van der Waals surface area contributed by atoms with Crippen LogP contribution in [0.3, 0.4) is 0 Å². The zero-order valence-electron chi connectivity index (χ0n) is 12.8. The number of thioether (sulfide) groups is 1. The Morgan fingerprint density at radius 2 is 2.23 bits per heavy atom. The van der Waals surface area contributed by atoms with Crippen LogP contribution in [-0.2, 0) is 24.6 Å². The maximum absolute atomic E-state index is 12.8.